The first kappa shape index (κ1) is 8.43. The quantitative estimate of drug-likeness (QED) is 0.650. The van der Waals surface area contributed by atoms with E-state index in [2.05, 4.69) is 5.32 Å². The van der Waals surface area contributed by atoms with Crippen LogP contribution >= 0.6 is 0 Å². The van der Waals surface area contributed by atoms with E-state index >= 15 is 0 Å². The first-order valence-electron chi connectivity index (χ1n) is 3.62. The highest BCUT2D eigenvalue weighted by molar-refractivity contribution is 5.72. The fourth-order valence-corrected chi connectivity index (χ4v) is 1.22. The summed E-state index contributed by atoms with van der Waals surface area (Å²) in [6.45, 7) is 1.78. The third-order valence-corrected chi connectivity index (χ3v) is 1.81. The van der Waals surface area contributed by atoms with Crippen molar-refractivity contribution in [2.75, 3.05) is 6.54 Å². The molecule has 1 amide bonds. The molecule has 0 unspecified atom stereocenters. The molecule has 4 heteroatoms. The van der Waals surface area contributed by atoms with Gasteiger partial charge in [-0.1, -0.05) is 0 Å². The van der Waals surface area contributed by atoms with Crippen molar-refractivity contribution in [3.05, 3.63) is 0 Å². The number of carbonyl (C=O) groups excluding carboxylic acids is 1. The Balaban J connectivity index is 2.09. The second-order valence-corrected chi connectivity index (χ2v) is 3.07. The van der Waals surface area contributed by atoms with Gasteiger partial charge < -0.3 is 5.32 Å². The zero-order chi connectivity index (χ0) is 8.48. The van der Waals surface area contributed by atoms with E-state index in [-0.39, 0.29) is 24.7 Å². The third kappa shape index (κ3) is 2.44. The molecule has 0 bridgehead atoms. The van der Waals surface area contributed by atoms with E-state index in [0.717, 1.165) is 0 Å². The summed E-state index contributed by atoms with van der Waals surface area (Å²) in [5.41, 5.74) is 0. The van der Waals surface area contributed by atoms with Gasteiger partial charge in [-0.3, -0.25) is 4.79 Å². The van der Waals surface area contributed by atoms with Gasteiger partial charge in [-0.25, -0.2) is 8.78 Å². The van der Waals surface area contributed by atoms with E-state index in [1.54, 1.807) is 0 Å². The summed E-state index contributed by atoms with van der Waals surface area (Å²) >= 11 is 0. The second-order valence-electron chi connectivity index (χ2n) is 3.07. The molecule has 0 atom stereocenters. The molecule has 0 heterocycles. The highest BCUT2D eigenvalue weighted by Crippen LogP contribution is 2.41. The summed E-state index contributed by atoms with van der Waals surface area (Å²) in [7, 11) is 0. The van der Waals surface area contributed by atoms with Crippen molar-refractivity contribution in [1.29, 1.82) is 0 Å². The SMILES string of the molecule is CC(=O)NCC1CC(F)(F)C1. The largest absolute Gasteiger partial charge is 0.356 e. The van der Waals surface area contributed by atoms with E-state index in [9.17, 15) is 13.6 Å². The summed E-state index contributed by atoms with van der Waals surface area (Å²) in [4.78, 5) is 10.4. The summed E-state index contributed by atoms with van der Waals surface area (Å²) in [5, 5.41) is 2.51. The van der Waals surface area contributed by atoms with Gasteiger partial charge in [0.2, 0.25) is 11.8 Å². The first-order chi connectivity index (χ1) is 4.99. The van der Waals surface area contributed by atoms with Gasteiger partial charge in [0.25, 0.3) is 0 Å². The molecule has 64 valence electrons. The molecule has 1 aliphatic carbocycles. The molecular formula is C7H11F2NO. The van der Waals surface area contributed by atoms with Crippen LogP contribution in [0, 0.1) is 5.92 Å². The molecule has 0 aromatic carbocycles. The lowest BCUT2D eigenvalue weighted by molar-refractivity contribution is -0.124. The smallest absolute Gasteiger partial charge is 0.248 e. The van der Waals surface area contributed by atoms with Crippen molar-refractivity contribution in [2.24, 2.45) is 5.92 Å². The van der Waals surface area contributed by atoms with Gasteiger partial charge >= 0.3 is 0 Å². The molecule has 1 fully saturated rings. The maximum atomic E-state index is 12.2. The van der Waals surface area contributed by atoms with Crippen molar-refractivity contribution in [1.82, 2.24) is 5.32 Å². The first-order valence-corrected chi connectivity index (χ1v) is 3.62. The Hall–Kier alpha value is -0.670. The van der Waals surface area contributed by atoms with Crippen LogP contribution in [-0.2, 0) is 4.79 Å². The third-order valence-electron chi connectivity index (χ3n) is 1.81. The van der Waals surface area contributed by atoms with Gasteiger partial charge in [-0.15, -0.1) is 0 Å². The molecule has 1 rings (SSSR count). The molecular weight excluding hydrogens is 152 g/mol. The van der Waals surface area contributed by atoms with Crippen LogP contribution in [0.4, 0.5) is 8.78 Å². The Morgan fingerprint density at radius 1 is 1.64 bits per heavy atom. The number of amides is 1. The number of hydrogen-bond acceptors (Lipinski definition) is 1. The van der Waals surface area contributed by atoms with Crippen molar-refractivity contribution in [2.45, 2.75) is 25.7 Å². The monoisotopic (exact) mass is 163 g/mol. The summed E-state index contributed by atoms with van der Waals surface area (Å²) in [6.07, 6.45) is -0.152. The fraction of sp³-hybridized carbons (Fsp3) is 0.857. The zero-order valence-corrected chi connectivity index (χ0v) is 6.36. The molecule has 2 nitrogen and oxygen atoms in total. The fourth-order valence-electron chi connectivity index (χ4n) is 1.22. The predicted octanol–water partition coefficient (Wildman–Crippen LogP) is 1.17. The van der Waals surface area contributed by atoms with Gasteiger partial charge in [0.15, 0.2) is 0 Å². The van der Waals surface area contributed by atoms with E-state index in [4.69, 9.17) is 0 Å². The summed E-state index contributed by atoms with van der Waals surface area (Å²) in [5.74, 6) is -2.64. The average Bonchev–Trinajstić information content (AvgIpc) is 1.78. The molecule has 0 spiro atoms. The minimum Gasteiger partial charge on any atom is -0.356 e. The topological polar surface area (TPSA) is 29.1 Å². The van der Waals surface area contributed by atoms with Crippen LogP contribution in [0.15, 0.2) is 0 Å². The van der Waals surface area contributed by atoms with Gasteiger partial charge in [0, 0.05) is 26.3 Å². The molecule has 0 aromatic heterocycles. The molecule has 0 radical (unpaired) electrons. The normalized spacial score (nSPS) is 22.5. The van der Waals surface area contributed by atoms with E-state index in [1.165, 1.54) is 6.92 Å². The molecule has 0 aromatic rings. The molecule has 1 aliphatic rings. The number of carbonyl (C=O) groups is 1. The number of nitrogens with one attached hydrogen (secondary N) is 1. The zero-order valence-electron chi connectivity index (χ0n) is 6.36. The van der Waals surface area contributed by atoms with Gasteiger partial charge in [-0.05, 0) is 5.92 Å². The predicted molar refractivity (Wildman–Crippen MR) is 36.4 cm³/mol. The minimum atomic E-state index is -2.47. The lowest BCUT2D eigenvalue weighted by Gasteiger charge is -2.34. The Labute approximate surface area is 64.0 Å². The Bertz CT molecular complexity index is 162. The minimum absolute atomic E-state index is 0.0195. The Morgan fingerprint density at radius 2 is 2.18 bits per heavy atom. The molecule has 0 saturated heterocycles. The van der Waals surface area contributed by atoms with Gasteiger partial charge in [0.05, 0.1) is 0 Å². The number of halogens is 2. The lowest BCUT2D eigenvalue weighted by Crippen LogP contribution is -2.41. The number of alkyl halides is 2. The number of rotatable bonds is 2. The van der Waals surface area contributed by atoms with Crippen LogP contribution in [0.2, 0.25) is 0 Å². The van der Waals surface area contributed by atoms with Crippen molar-refractivity contribution in [3.63, 3.8) is 0 Å². The van der Waals surface area contributed by atoms with Crippen molar-refractivity contribution < 1.29 is 13.6 Å². The maximum Gasteiger partial charge on any atom is 0.248 e. The van der Waals surface area contributed by atoms with Crippen LogP contribution in [0.5, 0.6) is 0 Å². The molecule has 11 heavy (non-hydrogen) atoms. The standard InChI is InChI=1S/C7H11F2NO/c1-5(11)10-4-6-2-7(8,9)3-6/h6H,2-4H2,1H3,(H,10,11). The lowest BCUT2D eigenvalue weighted by atomic mass is 9.81. The molecule has 1 N–H and O–H groups in total. The van der Waals surface area contributed by atoms with E-state index < -0.39 is 5.92 Å². The maximum absolute atomic E-state index is 12.2. The number of hydrogen-bond donors (Lipinski definition) is 1. The van der Waals surface area contributed by atoms with Gasteiger partial charge in [0.1, 0.15) is 0 Å². The summed E-state index contributed by atoms with van der Waals surface area (Å²) < 4.78 is 24.4. The van der Waals surface area contributed by atoms with E-state index in [0.29, 0.717) is 6.54 Å². The second kappa shape index (κ2) is 2.75. The van der Waals surface area contributed by atoms with Crippen molar-refractivity contribution >= 4 is 5.91 Å². The highest BCUT2D eigenvalue weighted by Gasteiger charge is 2.44. The molecule has 1 saturated carbocycles. The van der Waals surface area contributed by atoms with Crippen molar-refractivity contribution in [3.8, 4) is 0 Å². The van der Waals surface area contributed by atoms with Crippen LogP contribution in [0.3, 0.4) is 0 Å². The van der Waals surface area contributed by atoms with Crippen LogP contribution in [0.25, 0.3) is 0 Å². The van der Waals surface area contributed by atoms with Gasteiger partial charge in [-0.2, -0.15) is 0 Å². The molecule has 0 aliphatic heterocycles. The Kier molecular flexibility index (Phi) is 2.11. The van der Waals surface area contributed by atoms with Crippen LogP contribution in [-0.4, -0.2) is 18.4 Å². The average molecular weight is 163 g/mol. The summed E-state index contributed by atoms with van der Waals surface area (Å²) in [6, 6.07) is 0. The Morgan fingerprint density at radius 3 is 2.55 bits per heavy atom. The van der Waals surface area contributed by atoms with Crippen LogP contribution < -0.4 is 5.32 Å². The van der Waals surface area contributed by atoms with E-state index in [1.807, 2.05) is 0 Å². The highest BCUT2D eigenvalue weighted by atomic mass is 19.3. The van der Waals surface area contributed by atoms with Crippen LogP contribution in [0.1, 0.15) is 19.8 Å².